The van der Waals surface area contributed by atoms with Gasteiger partial charge in [-0.15, -0.1) is 0 Å². The first-order valence-corrected chi connectivity index (χ1v) is 5.30. The van der Waals surface area contributed by atoms with Crippen molar-refractivity contribution in [2.45, 2.75) is 32.5 Å². The zero-order chi connectivity index (χ0) is 10.8. The van der Waals surface area contributed by atoms with Crippen LogP contribution in [0.15, 0.2) is 12.1 Å². The summed E-state index contributed by atoms with van der Waals surface area (Å²) < 4.78 is 12.6. The number of anilines is 2. The lowest BCUT2D eigenvalue weighted by Crippen LogP contribution is -2.27. The van der Waals surface area contributed by atoms with Crippen molar-refractivity contribution >= 4 is 11.5 Å². The number of halogens is 1. The first-order chi connectivity index (χ1) is 7.22. The largest absolute Gasteiger partial charge is 0.397 e. The molecule has 0 bridgehead atoms. The molecule has 0 aromatic carbocycles. The summed E-state index contributed by atoms with van der Waals surface area (Å²) >= 11 is 0. The fourth-order valence-electron chi connectivity index (χ4n) is 2.04. The van der Waals surface area contributed by atoms with Gasteiger partial charge in [0.15, 0.2) is 0 Å². The molecule has 15 heavy (non-hydrogen) atoms. The molecule has 1 aliphatic heterocycles. The Bertz CT molecular complexity index is 354. The number of pyridine rings is 1. The van der Waals surface area contributed by atoms with Crippen LogP contribution in [0.3, 0.4) is 0 Å². The third kappa shape index (κ3) is 1.89. The second-order valence-corrected chi connectivity index (χ2v) is 4.02. The molecule has 1 aromatic rings. The van der Waals surface area contributed by atoms with E-state index >= 15 is 0 Å². The van der Waals surface area contributed by atoms with E-state index in [9.17, 15) is 4.39 Å². The topological polar surface area (TPSA) is 42.1 Å². The van der Waals surface area contributed by atoms with E-state index in [0.29, 0.717) is 17.4 Å². The summed E-state index contributed by atoms with van der Waals surface area (Å²) in [6.45, 7) is 2.58. The van der Waals surface area contributed by atoms with E-state index in [-0.39, 0.29) is 0 Å². The zero-order valence-electron chi connectivity index (χ0n) is 8.91. The number of nitrogens with two attached hydrogens (primary N) is 1. The second-order valence-electron chi connectivity index (χ2n) is 4.02. The van der Waals surface area contributed by atoms with Crippen LogP contribution in [0.5, 0.6) is 0 Å². The maximum Gasteiger partial charge on any atom is 0.134 e. The van der Waals surface area contributed by atoms with Gasteiger partial charge in [0.25, 0.3) is 0 Å². The van der Waals surface area contributed by atoms with E-state index in [0.717, 1.165) is 12.4 Å². The van der Waals surface area contributed by atoms with E-state index in [1.807, 2.05) is 6.07 Å². The van der Waals surface area contributed by atoms with Crippen molar-refractivity contribution in [1.82, 2.24) is 4.98 Å². The first-order valence-electron chi connectivity index (χ1n) is 5.30. The van der Waals surface area contributed by atoms with Crippen molar-refractivity contribution in [3.05, 3.63) is 17.8 Å². The van der Waals surface area contributed by atoms with Crippen molar-refractivity contribution in [2.75, 3.05) is 17.2 Å². The molecule has 3 nitrogen and oxygen atoms in total. The van der Waals surface area contributed by atoms with Crippen LogP contribution in [0, 0.1) is 0 Å². The average Bonchev–Trinajstić information content (AvgIpc) is 2.65. The molecule has 2 rings (SSSR count). The fraction of sp³-hybridized carbons (Fsp3) is 0.545. The predicted molar refractivity (Wildman–Crippen MR) is 59.5 cm³/mol. The number of hydrogen-bond donors (Lipinski definition) is 1. The van der Waals surface area contributed by atoms with Crippen LogP contribution in [0.25, 0.3) is 0 Å². The van der Waals surface area contributed by atoms with Crippen LogP contribution in [0.4, 0.5) is 15.9 Å². The Hall–Kier alpha value is -1.32. The van der Waals surface area contributed by atoms with Gasteiger partial charge < -0.3 is 10.6 Å². The fourth-order valence-corrected chi connectivity index (χ4v) is 2.04. The molecule has 2 heterocycles. The minimum atomic E-state index is -0.595. The summed E-state index contributed by atoms with van der Waals surface area (Å²) in [6, 6.07) is 4.10. The molecule has 1 fully saturated rings. The molecule has 0 spiro atoms. The highest BCUT2D eigenvalue weighted by Gasteiger charge is 2.21. The third-order valence-corrected chi connectivity index (χ3v) is 2.97. The smallest absolute Gasteiger partial charge is 0.134 e. The van der Waals surface area contributed by atoms with Gasteiger partial charge in [-0.3, -0.25) is 0 Å². The van der Waals surface area contributed by atoms with Crippen molar-refractivity contribution in [3.63, 3.8) is 0 Å². The van der Waals surface area contributed by atoms with Crippen LogP contribution in [-0.2, 0) is 6.67 Å². The number of nitrogen functional groups attached to an aromatic ring is 1. The van der Waals surface area contributed by atoms with E-state index in [1.165, 1.54) is 12.8 Å². The van der Waals surface area contributed by atoms with Gasteiger partial charge in [-0.25, -0.2) is 9.37 Å². The summed E-state index contributed by atoms with van der Waals surface area (Å²) in [5.74, 6) is 0.849. The maximum absolute atomic E-state index is 12.6. The van der Waals surface area contributed by atoms with Gasteiger partial charge in [-0.2, -0.15) is 0 Å². The molecule has 0 saturated carbocycles. The molecule has 0 amide bonds. The van der Waals surface area contributed by atoms with Crippen LogP contribution in [0.1, 0.15) is 25.5 Å². The highest BCUT2D eigenvalue weighted by atomic mass is 19.1. The molecule has 1 atom stereocenters. The highest BCUT2D eigenvalue weighted by Crippen LogP contribution is 2.25. The molecule has 0 radical (unpaired) electrons. The lowest BCUT2D eigenvalue weighted by molar-refractivity contribution is 0.477. The van der Waals surface area contributed by atoms with Crippen molar-refractivity contribution in [2.24, 2.45) is 0 Å². The molecule has 4 heteroatoms. The van der Waals surface area contributed by atoms with Crippen LogP contribution in [0.2, 0.25) is 0 Å². The number of hydrogen-bond acceptors (Lipinski definition) is 3. The van der Waals surface area contributed by atoms with E-state index in [2.05, 4.69) is 16.8 Å². The standard InChI is InChI=1S/C11H16FN3/c1-8-3-2-6-15(8)11-5-4-9(13)10(7-12)14-11/h4-5,8H,2-3,6-7,13H2,1H3/t8-/m0/s1. The Balaban J connectivity index is 2.28. The van der Waals surface area contributed by atoms with E-state index < -0.39 is 6.67 Å². The minimum Gasteiger partial charge on any atom is -0.397 e. The molecule has 82 valence electrons. The Morgan fingerprint density at radius 1 is 1.60 bits per heavy atom. The van der Waals surface area contributed by atoms with Crippen LogP contribution in [-0.4, -0.2) is 17.6 Å². The molecule has 1 aromatic heterocycles. The highest BCUT2D eigenvalue weighted by molar-refractivity contribution is 5.51. The van der Waals surface area contributed by atoms with Crippen molar-refractivity contribution in [3.8, 4) is 0 Å². The molecular weight excluding hydrogens is 193 g/mol. The van der Waals surface area contributed by atoms with Gasteiger partial charge in [0, 0.05) is 12.6 Å². The monoisotopic (exact) mass is 209 g/mol. The van der Waals surface area contributed by atoms with Crippen molar-refractivity contribution in [1.29, 1.82) is 0 Å². The third-order valence-electron chi connectivity index (χ3n) is 2.97. The zero-order valence-corrected chi connectivity index (χ0v) is 8.91. The Kier molecular flexibility index (Phi) is 2.75. The van der Waals surface area contributed by atoms with Gasteiger partial charge in [-0.05, 0) is 31.9 Å². The molecule has 1 saturated heterocycles. The summed E-state index contributed by atoms with van der Waals surface area (Å²) in [4.78, 5) is 6.46. The van der Waals surface area contributed by atoms with Crippen LogP contribution >= 0.6 is 0 Å². The van der Waals surface area contributed by atoms with Gasteiger partial charge in [-0.1, -0.05) is 0 Å². The number of nitrogens with zero attached hydrogens (tertiary/aromatic N) is 2. The lowest BCUT2D eigenvalue weighted by Gasteiger charge is -2.23. The SMILES string of the molecule is C[C@H]1CCCN1c1ccc(N)c(CF)n1. The Morgan fingerprint density at radius 2 is 2.40 bits per heavy atom. The van der Waals surface area contributed by atoms with Gasteiger partial charge >= 0.3 is 0 Å². The number of rotatable bonds is 2. The summed E-state index contributed by atoms with van der Waals surface area (Å²) in [6.07, 6.45) is 2.36. The van der Waals surface area contributed by atoms with E-state index in [1.54, 1.807) is 6.07 Å². The van der Waals surface area contributed by atoms with Gasteiger partial charge in [0.2, 0.25) is 0 Å². The molecule has 0 aliphatic carbocycles. The number of aromatic nitrogens is 1. The summed E-state index contributed by atoms with van der Waals surface area (Å²) in [7, 11) is 0. The van der Waals surface area contributed by atoms with Gasteiger partial charge in [0.1, 0.15) is 12.5 Å². The van der Waals surface area contributed by atoms with Crippen molar-refractivity contribution < 1.29 is 4.39 Å². The normalized spacial score (nSPS) is 20.9. The molecular formula is C11H16FN3. The Morgan fingerprint density at radius 3 is 3.00 bits per heavy atom. The summed E-state index contributed by atoms with van der Waals surface area (Å²) in [5, 5.41) is 0. The first kappa shape index (κ1) is 10.2. The molecule has 1 aliphatic rings. The van der Waals surface area contributed by atoms with Crippen LogP contribution < -0.4 is 10.6 Å². The maximum atomic E-state index is 12.6. The molecule has 0 unspecified atom stereocenters. The minimum absolute atomic E-state index is 0.353. The lowest BCUT2D eigenvalue weighted by atomic mass is 10.2. The predicted octanol–water partition coefficient (Wildman–Crippen LogP) is 2.12. The van der Waals surface area contributed by atoms with E-state index in [4.69, 9.17) is 5.73 Å². The second kappa shape index (κ2) is 4.04. The Labute approximate surface area is 89.1 Å². The average molecular weight is 209 g/mol. The van der Waals surface area contributed by atoms with Gasteiger partial charge in [0.05, 0.1) is 11.4 Å². The molecule has 2 N–H and O–H groups in total. The number of alkyl halides is 1. The summed E-state index contributed by atoms with van der Waals surface area (Å²) in [5.41, 5.74) is 6.40. The quantitative estimate of drug-likeness (QED) is 0.811.